The van der Waals surface area contributed by atoms with Crippen LogP contribution in [0.4, 0.5) is 0 Å². The molecule has 0 heterocycles. The Morgan fingerprint density at radius 2 is 2.06 bits per heavy atom. The van der Waals surface area contributed by atoms with Crippen molar-refractivity contribution in [3.63, 3.8) is 0 Å². The van der Waals surface area contributed by atoms with Gasteiger partial charge >= 0.3 is 0 Å². The summed E-state index contributed by atoms with van der Waals surface area (Å²) in [6.45, 7) is 13.4. The van der Waals surface area contributed by atoms with Crippen molar-refractivity contribution in [1.29, 1.82) is 0 Å². The number of rotatable bonds is 5. The van der Waals surface area contributed by atoms with Crippen LogP contribution < -0.4 is 10.1 Å². The first kappa shape index (κ1) is 15.1. The summed E-state index contributed by atoms with van der Waals surface area (Å²) in [5.41, 5.74) is 2.11. The van der Waals surface area contributed by atoms with Crippen LogP contribution in [-0.2, 0) is 6.54 Å². The molecular formula is C15H22ClNO. The van der Waals surface area contributed by atoms with Crippen LogP contribution in [0.15, 0.2) is 30.4 Å². The molecule has 18 heavy (non-hydrogen) atoms. The van der Waals surface area contributed by atoms with Gasteiger partial charge in [0.25, 0.3) is 0 Å². The molecule has 0 aliphatic heterocycles. The fourth-order valence-corrected chi connectivity index (χ4v) is 1.66. The van der Waals surface area contributed by atoms with Crippen LogP contribution in [0, 0.1) is 0 Å². The number of hydrogen-bond acceptors (Lipinski definition) is 2. The monoisotopic (exact) mass is 267 g/mol. The van der Waals surface area contributed by atoms with Gasteiger partial charge in [0.15, 0.2) is 0 Å². The number of benzene rings is 1. The van der Waals surface area contributed by atoms with Gasteiger partial charge in [-0.1, -0.05) is 30.3 Å². The number of nitrogens with one attached hydrogen (secondary N) is 1. The molecule has 0 radical (unpaired) electrons. The quantitative estimate of drug-likeness (QED) is 0.808. The van der Waals surface area contributed by atoms with E-state index in [2.05, 4.69) is 32.7 Å². The van der Waals surface area contributed by atoms with Crippen molar-refractivity contribution < 1.29 is 4.74 Å². The molecule has 1 rings (SSSR count). The van der Waals surface area contributed by atoms with Crippen LogP contribution in [0.1, 0.15) is 33.3 Å². The summed E-state index contributed by atoms with van der Waals surface area (Å²) in [5, 5.41) is 4.08. The highest BCUT2D eigenvalue weighted by molar-refractivity contribution is 6.32. The number of ether oxygens (including phenoxy) is 1. The minimum absolute atomic E-state index is 0.0634. The zero-order valence-corrected chi connectivity index (χ0v) is 12.4. The minimum atomic E-state index is 0.0634. The van der Waals surface area contributed by atoms with Crippen molar-refractivity contribution in [2.45, 2.75) is 39.8 Å². The molecule has 0 spiro atoms. The van der Waals surface area contributed by atoms with Crippen molar-refractivity contribution in [2.75, 3.05) is 6.61 Å². The molecule has 0 saturated heterocycles. The summed E-state index contributed by atoms with van der Waals surface area (Å²) in [7, 11) is 0. The molecule has 3 heteroatoms. The lowest BCUT2D eigenvalue weighted by atomic mass is 10.1. The van der Waals surface area contributed by atoms with Gasteiger partial charge in [-0.25, -0.2) is 0 Å². The van der Waals surface area contributed by atoms with Gasteiger partial charge in [-0.2, -0.15) is 0 Å². The van der Waals surface area contributed by atoms with Crippen LogP contribution in [0.3, 0.4) is 0 Å². The molecule has 100 valence electrons. The van der Waals surface area contributed by atoms with Crippen molar-refractivity contribution in [2.24, 2.45) is 0 Å². The lowest BCUT2D eigenvalue weighted by Crippen LogP contribution is -2.35. The summed E-state index contributed by atoms with van der Waals surface area (Å²) in [5.74, 6) is 0.749. The van der Waals surface area contributed by atoms with Crippen molar-refractivity contribution in [1.82, 2.24) is 5.32 Å². The molecule has 0 saturated carbocycles. The lowest BCUT2D eigenvalue weighted by molar-refractivity contribution is 0.343. The zero-order valence-electron chi connectivity index (χ0n) is 11.6. The smallest absolute Gasteiger partial charge is 0.142 e. The second kappa shape index (κ2) is 6.26. The van der Waals surface area contributed by atoms with Gasteiger partial charge in [0.2, 0.25) is 0 Å². The van der Waals surface area contributed by atoms with E-state index < -0.39 is 0 Å². The highest BCUT2D eigenvalue weighted by Crippen LogP contribution is 2.29. The first-order valence-corrected chi connectivity index (χ1v) is 6.47. The average Bonchev–Trinajstić information content (AvgIpc) is 2.23. The van der Waals surface area contributed by atoms with E-state index in [0.29, 0.717) is 11.6 Å². The van der Waals surface area contributed by atoms with E-state index in [4.69, 9.17) is 16.3 Å². The van der Waals surface area contributed by atoms with E-state index in [9.17, 15) is 0 Å². The molecule has 0 unspecified atom stereocenters. The fraction of sp³-hybridized carbons (Fsp3) is 0.467. The molecule has 0 amide bonds. The number of hydrogen-bond donors (Lipinski definition) is 1. The molecule has 0 atom stereocenters. The van der Waals surface area contributed by atoms with Crippen LogP contribution in [0.25, 0.3) is 0 Å². The summed E-state index contributed by atoms with van der Waals surface area (Å²) < 4.78 is 5.72. The van der Waals surface area contributed by atoms with E-state index in [1.165, 1.54) is 0 Å². The Balaban J connectivity index is 2.83. The van der Waals surface area contributed by atoms with Gasteiger partial charge in [-0.05, 0) is 39.3 Å². The van der Waals surface area contributed by atoms with Crippen molar-refractivity contribution in [3.05, 3.63) is 40.9 Å². The average molecular weight is 268 g/mol. The largest absolute Gasteiger partial charge is 0.487 e. The predicted molar refractivity (Wildman–Crippen MR) is 78.4 cm³/mol. The maximum Gasteiger partial charge on any atom is 0.142 e. The fourth-order valence-electron chi connectivity index (χ4n) is 1.41. The first-order chi connectivity index (χ1) is 8.29. The Morgan fingerprint density at radius 1 is 1.39 bits per heavy atom. The van der Waals surface area contributed by atoms with Crippen molar-refractivity contribution in [3.8, 4) is 5.75 Å². The normalized spacial score (nSPS) is 11.4. The topological polar surface area (TPSA) is 21.3 Å². The third-order valence-corrected chi connectivity index (χ3v) is 2.62. The predicted octanol–water partition coefficient (Wildman–Crippen LogP) is 4.18. The maximum absolute atomic E-state index is 6.18. The second-order valence-electron chi connectivity index (χ2n) is 5.58. The number of halogens is 1. The van der Waals surface area contributed by atoms with Crippen molar-refractivity contribution >= 4 is 11.6 Å². The third-order valence-electron chi connectivity index (χ3n) is 2.32. The minimum Gasteiger partial charge on any atom is -0.487 e. The van der Waals surface area contributed by atoms with E-state index in [1.807, 2.05) is 25.1 Å². The second-order valence-corrected chi connectivity index (χ2v) is 5.98. The van der Waals surface area contributed by atoms with Gasteiger partial charge in [-0.3, -0.25) is 0 Å². The van der Waals surface area contributed by atoms with Gasteiger partial charge in [0.05, 0.1) is 5.02 Å². The summed E-state index contributed by atoms with van der Waals surface area (Å²) in [6, 6.07) is 5.81. The lowest BCUT2D eigenvalue weighted by Gasteiger charge is -2.22. The molecule has 0 aliphatic carbocycles. The van der Waals surface area contributed by atoms with Gasteiger partial charge in [0, 0.05) is 17.6 Å². The van der Waals surface area contributed by atoms with Crippen LogP contribution >= 0.6 is 11.6 Å². The SMILES string of the molecule is C=C(C)COc1c(Cl)cccc1CNC(C)(C)C. The van der Waals surface area contributed by atoms with E-state index in [0.717, 1.165) is 23.4 Å². The van der Waals surface area contributed by atoms with Crippen LogP contribution in [0.5, 0.6) is 5.75 Å². The van der Waals surface area contributed by atoms with Crippen LogP contribution in [-0.4, -0.2) is 12.1 Å². The van der Waals surface area contributed by atoms with Gasteiger partial charge in [-0.15, -0.1) is 0 Å². The standard InChI is InChI=1S/C15H22ClNO/c1-11(2)10-18-14-12(7-6-8-13(14)16)9-17-15(3,4)5/h6-8,17H,1,9-10H2,2-5H3. The third kappa shape index (κ3) is 5.11. The Kier molecular flexibility index (Phi) is 5.24. The van der Waals surface area contributed by atoms with Gasteiger partial charge < -0.3 is 10.1 Å². The highest BCUT2D eigenvalue weighted by Gasteiger charge is 2.13. The van der Waals surface area contributed by atoms with E-state index >= 15 is 0 Å². The Morgan fingerprint density at radius 3 is 2.61 bits per heavy atom. The maximum atomic E-state index is 6.18. The Hall–Kier alpha value is -0.990. The zero-order chi connectivity index (χ0) is 13.8. The van der Waals surface area contributed by atoms with E-state index in [-0.39, 0.29) is 5.54 Å². The summed E-state index contributed by atoms with van der Waals surface area (Å²) in [6.07, 6.45) is 0. The molecule has 0 fully saturated rings. The Labute approximate surface area is 115 Å². The van der Waals surface area contributed by atoms with Gasteiger partial charge in [0.1, 0.15) is 12.4 Å². The van der Waals surface area contributed by atoms with Crippen LogP contribution in [0.2, 0.25) is 5.02 Å². The molecule has 0 aromatic heterocycles. The molecule has 2 nitrogen and oxygen atoms in total. The Bertz CT molecular complexity index is 421. The summed E-state index contributed by atoms with van der Waals surface area (Å²) >= 11 is 6.18. The molecule has 1 aromatic rings. The van der Waals surface area contributed by atoms with E-state index in [1.54, 1.807) is 0 Å². The molecule has 1 aromatic carbocycles. The highest BCUT2D eigenvalue weighted by atomic mass is 35.5. The molecular weight excluding hydrogens is 246 g/mol. The molecule has 0 bridgehead atoms. The molecule has 1 N–H and O–H groups in total. The summed E-state index contributed by atoms with van der Waals surface area (Å²) in [4.78, 5) is 0. The molecule has 0 aliphatic rings. The first-order valence-electron chi connectivity index (χ1n) is 6.09. The number of para-hydroxylation sites is 1.